The molecule has 0 aliphatic carbocycles. The average Bonchev–Trinajstić information content (AvgIpc) is 1.88. The summed E-state index contributed by atoms with van der Waals surface area (Å²) in [4.78, 5) is 0. The highest BCUT2D eigenvalue weighted by Gasteiger charge is 1.84. The van der Waals surface area contributed by atoms with E-state index < -0.39 is 10.2 Å². The van der Waals surface area contributed by atoms with Gasteiger partial charge in [-0.3, -0.25) is 0 Å². The molecule has 1 rings (SSSR count). The number of ether oxygens (including phenoxy) is 1. The van der Waals surface area contributed by atoms with Gasteiger partial charge in [-0.25, -0.2) is 18.6 Å². The van der Waals surface area contributed by atoms with Gasteiger partial charge in [0.2, 0.25) is 6.26 Å². The van der Waals surface area contributed by atoms with E-state index in [-0.39, 0.29) is 0 Å². The van der Waals surface area contributed by atoms with Gasteiger partial charge in [-0.05, 0) is 6.08 Å². The maximum Gasteiger partial charge on any atom is 0.217 e. The molecule has 6 heteroatoms. The molecule has 1 N–H and O–H groups in total. The van der Waals surface area contributed by atoms with Crippen LogP contribution in [0.4, 0.5) is 0 Å². The minimum atomic E-state index is -4.94. The fraction of sp³-hybridized carbons (Fsp3) is 0.200. The molecule has 0 aromatic heterocycles. The van der Waals surface area contributed by atoms with E-state index >= 15 is 0 Å². The second kappa shape index (κ2) is 5.11. The van der Waals surface area contributed by atoms with Gasteiger partial charge in [0.1, 0.15) is 0 Å². The fourth-order valence-electron chi connectivity index (χ4n) is 0.372. The second-order valence-corrected chi connectivity index (χ2v) is 2.27. The normalized spacial score (nSPS) is 14.9. The Labute approximate surface area is 65.6 Å². The lowest BCUT2D eigenvalue weighted by Crippen LogP contribution is -2.68. The number of allylic oxidation sites excluding steroid dienone is 2. The van der Waals surface area contributed by atoms with E-state index in [2.05, 4.69) is 4.74 Å². The van der Waals surface area contributed by atoms with E-state index in [9.17, 15) is 0 Å². The molecule has 0 fully saturated rings. The lowest BCUT2D eigenvalue weighted by atomic mass is 10.5. The van der Waals surface area contributed by atoms with E-state index in [0.717, 1.165) is 6.61 Å². The molecule has 0 saturated carbocycles. The molecule has 0 amide bonds. The van der Waals surface area contributed by atoms with Gasteiger partial charge in [-0.15, -0.1) is 10.2 Å². The molecule has 0 unspecified atom stereocenters. The molecular formula is C5H7ClO5. The van der Waals surface area contributed by atoms with Crippen LogP contribution >= 0.6 is 0 Å². The van der Waals surface area contributed by atoms with E-state index in [0.29, 0.717) is 0 Å². The van der Waals surface area contributed by atoms with Gasteiger partial charge in [0, 0.05) is 12.2 Å². The Kier molecular flexibility index (Phi) is 4.84. The molecule has 0 atom stereocenters. The number of hydrogen-bond donors (Lipinski definition) is 0. The van der Waals surface area contributed by atoms with E-state index in [1.54, 1.807) is 6.26 Å². The van der Waals surface area contributed by atoms with E-state index in [1.165, 1.54) is 0 Å². The molecule has 0 aromatic rings. The average molecular weight is 183 g/mol. The topological polar surface area (TPSA) is 105 Å². The quantitative estimate of drug-likeness (QED) is 0.355. The van der Waals surface area contributed by atoms with Crippen molar-refractivity contribution >= 4 is 0 Å². The van der Waals surface area contributed by atoms with Crippen LogP contribution in [0.15, 0.2) is 24.5 Å². The maximum atomic E-state index is 8.49. The first-order valence-electron chi connectivity index (χ1n) is 2.60. The Morgan fingerprint density at radius 3 is 1.73 bits per heavy atom. The van der Waals surface area contributed by atoms with Gasteiger partial charge in [-0.1, -0.05) is 0 Å². The number of halogens is 1. The van der Waals surface area contributed by atoms with Gasteiger partial charge >= 0.3 is 0 Å². The third-order valence-corrected chi connectivity index (χ3v) is 0.649. The van der Waals surface area contributed by atoms with Crippen molar-refractivity contribution in [3.8, 4) is 0 Å². The fourth-order valence-corrected chi connectivity index (χ4v) is 0.372. The first kappa shape index (κ1) is 10.4. The molecule has 0 saturated heterocycles. The van der Waals surface area contributed by atoms with Gasteiger partial charge in [0.05, 0.1) is 0 Å². The van der Waals surface area contributed by atoms with Crippen molar-refractivity contribution in [3.05, 3.63) is 24.5 Å². The lowest BCUT2D eigenvalue weighted by Gasteiger charge is -2.17. The summed E-state index contributed by atoms with van der Waals surface area (Å²) < 4.78 is 37.9. The zero-order valence-corrected chi connectivity index (χ0v) is 6.23. The summed E-state index contributed by atoms with van der Waals surface area (Å²) in [6.45, 7) is 0.858. The zero-order chi connectivity index (χ0) is 8.74. The van der Waals surface area contributed by atoms with Crippen molar-refractivity contribution < 1.29 is 33.6 Å². The zero-order valence-electron chi connectivity index (χ0n) is 5.47. The van der Waals surface area contributed by atoms with Crippen molar-refractivity contribution in [1.82, 2.24) is 0 Å². The lowest BCUT2D eigenvalue weighted by molar-refractivity contribution is -2.00. The standard InChI is InChI=1S/C5H6O.ClHO4/c1-2-4-6-5-3-1;2-1(3,4)5/h1-4H,5H2;(H,2,3,4,5). The molecule has 0 bridgehead atoms. The molecule has 64 valence electrons. The Bertz CT molecular complexity index is 129. The predicted octanol–water partition coefficient (Wildman–Crippen LogP) is -4.16. The first-order chi connectivity index (χ1) is 5.00. The summed E-state index contributed by atoms with van der Waals surface area (Å²) >= 11 is 0. The van der Waals surface area contributed by atoms with Crippen LogP contribution in [0.1, 0.15) is 0 Å². The summed E-state index contributed by atoms with van der Waals surface area (Å²) in [5, 5.41) is 0. The second-order valence-electron chi connectivity index (χ2n) is 1.51. The Morgan fingerprint density at radius 2 is 1.64 bits per heavy atom. The molecule has 1 aliphatic rings. The highest BCUT2D eigenvalue weighted by atomic mass is 35.7. The van der Waals surface area contributed by atoms with Crippen molar-refractivity contribution in [1.29, 1.82) is 0 Å². The van der Waals surface area contributed by atoms with Crippen molar-refractivity contribution in [3.63, 3.8) is 0 Å². The van der Waals surface area contributed by atoms with Gasteiger partial charge in [-0.2, -0.15) is 0 Å². The summed E-state index contributed by atoms with van der Waals surface area (Å²) in [6.07, 6.45) is 7.73. The highest BCUT2D eigenvalue weighted by molar-refractivity contribution is 5.02. The van der Waals surface area contributed by atoms with Crippen LogP contribution in [0.3, 0.4) is 0 Å². The molecule has 5 nitrogen and oxygen atoms in total. The molecule has 1 heterocycles. The van der Waals surface area contributed by atoms with E-state index in [4.69, 9.17) is 18.6 Å². The van der Waals surface area contributed by atoms with Gasteiger partial charge in [0.15, 0.2) is 6.61 Å². The summed E-state index contributed by atoms with van der Waals surface area (Å²) in [5.41, 5.74) is 0. The van der Waals surface area contributed by atoms with Gasteiger partial charge in [0.25, 0.3) is 0 Å². The summed E-state index contributed by atoms with van der Waals surface area (Å²) in [5.74, 6) is 0. The molecule has 1 aliphatic heterocycles. The molecule has 0 aromatic carbocycles. The third-order valence-electron chi connectivity index (χ3n) is 0.649. The van der Waals surface area contributed by atoms with Crippen LogP contribution in [0, 0.1) is 10.2 Å². The third kappa shape index (κ3) is 17.7. The molecule has 0 spiro atoms. The van der Waals surface area contributed by atoms with Crippen LogP contribution < -0.4 is 18.6 Å². The molecule has 11 heavy (non-hydrogen) atoms. The molecule has 0 radical (unpaired) electrons. The Balaban J connectivity index is 0.000000187. The van der Waals surface area contributed by atoms with Crippen LogP contribution in [0.25, 0.3) is 0 Å². The van der Waals surface area contributed by atoms with Crippen LogP contribution in [-0.2, 0) is 0 Å². The van der Waals surface area contributed by atoms with Crippen molar-refractivity contribution in [2.75, 3.05) is 6.61 Å². The van der Waals surface area contributed by atoms with E-state index in [1.807, 2.05) is 18.2 Å². The number of aliphatic hydroxyl groups is 2. The molecular weight excluding hydrogens is 176 g/mol. The minimum Gasteiger partial charge on any atom is -0.585 e. The summed E-state index contributed by atoms with van der Waals surface area (Å²) in [7, 11) is -4.94. The van der Waals surface area contributed by atoms with Crippen molar-refractivity contribution in [2.45, 2.75) is 0 Å². The monoisotopic (exact) mass is 182 g/mol. The SMILES string of the molecule is C1=CC[OH+]C=C1.[O-][Cl+3]([O-])([O-])[O-]. The number of rotatable bonds is 0. The highest BCUT2D eigenvalue weighted by Crippen LogP contribution is 1.83. The van der Waals surface area contributed by atoms with Crippen molar-refractivity contribution in [2.24, 2.45) is 0 Å². The van der Waals surface area contributed by atoms with Crippen LogP contribution in [-0.4, -0.2) is 11.3 Å². The maximum absolute atomic E-state index is 8.49. The first-order valence-corrected chi connectivity index (χ1v) is 3.83. The Morgan fingerprint density at radius 1 is 1.09 bits per heavy atom. The Hall–Kier alpha value is -0.590. The summed E-state index contributed by atoms with van der Waals surface area (Å²) in [6, 6.07) is 0. The van der Waals surface area contributed by atoms with Crippen LogP contribution in [0.2, 0.25) is 0 Å². The largest absolute Gasteiger partial charge is 0.585 e. The van der Waals surface area contributed by atoms with Crippen LogP contribution in [0.5, 0.6) is 0 Å². The van der Waals surface area contributed by atoms with Gasteiger partial charge < -0.3 is 4.74 Å². The number of hydrogen-bond acceptors (Lipinski definition) is 4. The minimum absolute atomic E-state index is 0.858. The smallest absolute Gasteiger partial charge is 0.217 e. The predicted molar refractivity (Wildman–Crippen MR) is 25.4 cm³/mol.